The number of carbonyl (C=O) groups is 3. The third kappa shape index (κ3) is 5.19. The lowest BCUT2D eigenvalue weighted by Gasteiger charge is -2.17. The number of rotatable bonds is 8. The van der Waals surface area contributed by atoms with Gasteiger partial charge in [-0.25, -0.2) is 9.67 Å². The van der Waals surface area contributed by atoms with Crippen LogP contribution in [0.15, 0.2) is 85.2 Å². The van der Waals surface area contributed by atoms with E-state index >= 15 is 0 Å². The zero-order valence-corrected chi connectivity index (χ0v) is 18.6. The highest BCUT2D eigenvalue weighted by Gasteiger charge is 2.27. The van der Waals surface area contributed by atoms with Gasteiger partial charge in [-0.2, -0.15) is 5.10 Å². The lowest BCUT2D eigenvalue weighted by atomic mass is 10.0. The Morgan fingerprint density at radius 3 is 2.35 bits per heavy atom. The summed E-state index contributed by atoms with van der Waals surface area (Å²) >= 11 is 6.12. The van der Waals surface area contributed by atoms with Crippen LogP contribution >= 0.6 is 11.6 Å². The van der Waals surface area contributed by atoms with Crippen LogP contribution in [0.5, 0.6) is 0 Å². The van der Waals surface area contributed by atoms with E-state index in [2.05, 4.69) is 15.4 Å². The molecule has 0 aliphatic heterocycles. The summed E-state index contributed by atoms with van der Waals surface area (Å²) in [6.07, 6.45) is 3.16. The molecular weight excluding hydrogens is 454 g/mol. The van der Waals surface area contributed by atoms with Crippen molar-refractivity contribution in [1.29, 1.82) is 0 Å². The van der Waals surface area contributed by atoms with Crippen LogP contribution in [0.2, 0.25) is 5.02 Å². The number of hydrogen-bond acceptors (Lipinski definition) is 5. The number of aromatic nitrogens is 3. The van der Waals surface area contributed by atoms with Gasteiger partial charge in [-0.3, -0.25) is 14.4 Å². The summed E-state index contributed by atoms with van der Waals surface area (Å²) in [6, 6.07) is 20.6. The molecule has 0 aliphatic carbocycles. The van der Waals surface area contributed by atoms with Crippen LogP contribution in [0.25, 0.3) is 17.1 Å². The number of nitrogens with one attached hydrogen (secondary N) is 1. The SMILES string of the molecule is NC(=O)C(=O)C(Cc1ccccc1)NC(=O)c1cc(Cl)cnc1-n1ccc(-c2ccccc2)n1. The molecule has 1 atom stereocenters. The summed E-state index contributed by atoms with van der Waals surface area (Å²) in [5.41, 5.74) is 7.65. The van der Waals surface area contributed by atoms with Gasteiger partial charge in [0.1, 0.15) is 6.04 Å². The lowest BCUT2D eigenvalue weighted by molar-refractivity contribution is -0.137. The van der Waals surface area contributed by atoms with E-state index in [0.29, 0.717) is 5.69 Å². The molecular formula is C25H20ClN5O3. The third-order valence-electron chi connectivity index (χ3n) is 5.10. The largest absolute Gasteiger partial charge is 0.363 e. The van der Waals surface area contributed by atoms with E-state index < -0.39 is 23.6 Å². The number of Topliss-reactive ketones (excluding diaryl/α,β-unsaturated/α-hetero) is 1. The van der Waals surface area contributed by atoms with Gasteiger partial charge in [-0.05, 0) is 17.7 Å². The molecule has 3 N–H and O–H groups in total. The molecule has 1 unspecified atom stereocenters. The monoisotopic (exact) mass is 473 g/mol. The van der Waals surface area contributed by atoms with Crippen LogP contribution in [0.1, 0.15) is 15.9 Å². The maximum atomic E-state index is 13.2. The Labute approximate surface area is 200 Å². The Kier molecular flexibility index (Phi) is 6.79. The molecule has 34 heavy (non-hydrogen) atoms. The van der Waals surface area contributed by atoms with Crippen molar-refractivity contribution in [3.05, 3.63) is 101 Å². The van der Waals surface area contributed by atoms with Gasteiger partial charge in [0.05, 0.1) is 16.3 Å². The number of ketones is 1. The van der Waals surface area contributed by atoms with E-state index in [-0.39, 0.29) is 22.8 Å². The number of nitrogens with zero attached hydrogens (tertiary/aromatic N) is 3. The highest BCUT2D eigenvalue weighted by atomic mass is 35.5. The Bertz CT molecular complexity index is 1340. The van der Waals surface area contributed by atoms with Gasteiger partial charge >= 0.3 is 0 Å². The van der Waals surface area contributed by atoms with Crippen molar-refractivity contribution in [2.75, 3.05) is 0 Å². The van der Waals surface area contributed by atoms with Crippen LogP contribution in [0.3, 0.4) is 0 Å². The summed E-state index contributed by atoms with van der Waals surface area (Å²) < 4.78 is 1.45. The van der Waals surface area contributed by atoms with Gasteiger partial charge < -0.3 is 11.1 Å². The molecule has 4 aromatic rings. The van der Waals surface area contributed by atoms with E-state index in [9.17, 15) is 14.4 Å². The second-order valence-corrected chi connectivity index (χ2v) is 7.92. The molecule has 0 radical (unpaired) electrons. The minimum atomic E-state index is -1.16. The van der Waals surface area contributed by atoms with Gasteiger partial charge in [0, 0.05) is 24.4 Å². The molecule has 9 heteroatoms. The number of benzene rings is 2. The van der Waals surface area contributed by atoms with Crippen LogP contribution in [-0.4, -0.2) is 38.4 Å². The first kappa shape index (κ1) is 22.9. The first-order chi connectivity index (χ1) is 16.4. The Morgan fingerprint density at radius 1 is 1.00 bits per heavy atom. The van der Waals surface area contributed by atoms with Crippen LogP contribution in [-0.2, 0) is 16.0 Å². The zero-order chi connectivity index (χ0) is 24.1. The van der Waals surface area contributed by atoms with Gasteiger partial charge in [-0.1, -0.05) is 72.3 Å². The maximum Gasteiger partial charge on any atom is 0.287 e. The first-order valence-electron chi connectivity index (χ1n) is 10.4. The number of hydrogen-bond donors (Lipinski definition) is 2. The van der Waals surface area contributed by atoms with Gasteiger partial charge in [0.15, 0.2) is 5.82 Å². The molecule has 8 nitrogen and oxygen atoms in total. The second kappa shape index (κ2) is 10.1. The fourth-order valence-corrected chi connectivity index (χ4v) is 3.61. The smallest absolute Gasteiger partial charge is 0.287 e. The van der Waals surface area contributed by atoms with Crippen molar-refractivity contribution in [1.82, 2.24) is 20.1 Å². The molecule has 2 aromatic carbocycles. The number of carbonyl (C=O) groups excluding carboxylic acids is 3. The van der Waals surface area contributed by atoms with Crippen molar-refractivity contribution in [3.63, 3.8) is 0 Å². The molecule has 4 rings (SSSR count). The average Bonchev–Trinajstić information content (AvgIpc) is 3.34. The number of pyridine rings is 1. The maximum absolute atomic E-state index is 13.2. The number of nitrogens with two attached hydrogens (primary N) is 1. The normalized spacial score (nSPS) is 11.6. The van der Waals surface area contributed by atoms with E-state index in [1.165, 1.54) is 16.9 Å². The highest BCUT2D eigenvalue weighted by Crippen LogP contribution is 2.21. The van der Waals surface area contributed by atoms with E-state index in [4.69, 9.17) is 17.3 Å². The second-order valence-electron chi connectivity index (χ2n) is 7.48. The van der Waals surface area contributed by atoms with Crippen molar-refractivity contribution in [2.24, 2.45) is 5.73 Å². The molecule has 0 saturated heterocycles. The first-order valence-corrected chi connectivity index (χ1v) is 10.8. The van der Waals surface area contributed by atoms with E-state index in [1.807, 2.05) is 36.4 Å². The fourth-order valence-electron chi connectivity index (χ4n) is 3.45. The molecule has 0 fully saturated rings. The van der Waals surface area contributed by atoms with Gasteiger partial charge in [0.25, 0.3) is 11.8 Å². The topological polar surface area (TPSA) is 120 Å². The van der Waals surface area contributed by atoms with E-state index in [0.717, 1.165) is 11.1 Å². The van der Waals surface area contributed by atoms with Crippen molar-refractivity contribution in [2.45, 2.75) is 12.5 Å². The molecule has 2 aromatic heterocycles. The van der Waals surface area contributed by atoms with Crippen molar-refractivity contribution in [3.8, 4) is 17.1 Å². The minimum Gasteiger partial charge on any atom is -0.363 e. The summed E-state index contributed by atoms with van der Waals surface area (Å²) in [7, 11) is 0. The predicted octanol–water partition coefficient (Wildman–Crippen LogP) is 2.98. The standard InChI is InChI=1S/C25H20ClN5O3/c26-18-14-19(24(28-15-18)31-12-11-20(30-31)17-9-5-2-6-10-17)25(34)29-21(22(32)23(27)33)13-16-7-3-1-4-8-16/h1-12,14-15,21H,13H2,(H2,27,33)(H,29,34). The molecule has 0 spiro atoms. The Morgan fingerprint density at radius 2 is 1.68 bits per heavy atom. The van der Waals surface area contributed by atoms with Gasteiger partial charge in [-0.15, -0.1) is 0 Å². The fraction of sp³-hybridized carbons (Fsp3) is 0.0800. The molecule has 170 valence electrons. The predicted molar refractivity (Wildman–Crippen MR) is 127 cm³/mol. The number of halogens is 1. The lowest BCUT2D eigenvalue weighted by Crippen LogP contribution is -2.47. The third-order valence-corrected chi connectivity index (χ3v) is 5.31. The molecule has 0 saturated carbocycles. The molecule has 2 heterocycles. The van der Waals surface area contributed by atoms with Crippen LogP contribution in [0.4, 0.5) is 0 Å². The summed E-state index contributed by atoms with van der Waals surface area (Å²) in [6.45, 7) is 0. The minimum absolute atomic E-state index is 0.0885. The summed E-state index contributed by atoms with van der Waals surface area (Å²) in [5, 5.41) is 7.36. The van der Waals surface area contributed by atoms with E-state index in [1.54, 1.807) is 36.5 Å². The highest BCUT2D eigenvalue weighted by molar-refractivity contribution is 6.38. The van der Waals surface area contributed by atoms with Crippen molar-refractivity contribution < 1.29 is 14.4 Å². The molecule has 0 aliphatic rings. The molecule has 0 bridgehead atoms. The Hall–Kier alpha value is -4.30. The zero-order valence-electron chi connectivity index (χ0n) is 17.9. The quantitative estimate of drug-likeness (QED) is 0.381. The summed E-state index contributed by atoms with van der Waals surface area (Å²) in [5.74, 6) is -2.46. The van der Waals surface area contributed by atoms with Crippen LogP contribution in [0, 0.1) is 0 Å². The molecule has 2 amide bonds. The Balaban J connectivity index is 1.65. The van der Waals surface area contributed by atoms with Crippen LogP contribution < -0.4 is 11.1 Å². The van der Waals surface area contributed by atoms with Crippen molar-refractivity contribution >= 4 is 29.2 Å². The average molecular weight is 474 g/mol. The number of amides is 2. The number of primary amides is 1. The van der Waals surface area contributed by atoms with Gasteiger partial charge in [0.2, 0.25) is 5.78 Å². The summed E-state index contributed by atoms with van der Waals surface area (Å²) in [4.78, 5) is 41.6.